The van der Waals surface area contributed by atoms with Crippen LogP contribution in [0.4, 0.5) is 11.4 Å². The fraction of sp³-hybridized carbons (Fsp3) is 0.409. The zero-order valence-corrected chi connectivity index (χ0v) is 21.8. The Morgan fingerprint density at radius 1 is 1.12 bits per heavy atom. The van der Waals surface area contributed by atoms with Crippen LogP contribution in [0.25, 0.3) is 0 Å². The molecule has 0 radical (unpaired) electrons. The zero-order valence-electron chi connectivity index (χ0n) is 19.4. The normalized spacial score (nSPS) is 15.7. The number of nitrogens with zero attached hydrogens (tertiary/aromatic N) is 2. The van der Waals surface area contributed by atoms with Crippen LogP contribution in [0.3, 0.4) is 0 Å². The second-order valence-electron chi connectivity index (χ2n) is 8.13. The number of sulfonamides is 2. The van der Waals surface area contributed by atoms with Crippen molar-refractivity contribution in [3.05, 3.63) is 47.0 Å². The SMILES string of the molecule is COc1ccc(S(=O)(=O)N2CCCC2)cc1NC(=O)[C@H](C)N(c1cc(Cl)ccc1C)S(C)(=O)=O. The van der Waals surface area contributed by atoms with Gasteiger partial charge in [-0.05, 0) is 62.6 Å². The van der Waals surface area contributed by atoms with Gasteiger partial charge in [-0.15, -0.1) is 0 Å². The van der Waals surface area contributed by atoms with Crippen LogP contribution in [-0.2, 0) is 24.8 Å². The van der Waals surface area contributed by atoms with Gasteiger partial charge >= 0.3 is 0 Å². The highest BCUT2D eigenvalue weighted by Crippen LogP contribution is 2.32. The fourth-order valence-corrected chi connectivity index (χ4v) is 6.80. The summed E-state index contributed by atoms with van der Waals surface area (Å²) in [5.74, 6) is -0.426. The highest BCUT2D eigenvalue weighted by Gasteiger charge is 2.32. The number of methoxy groups -OCH3 is 1. The minimum absolute atomic E-state index is 0.0174. The van der Waals surface area contributed by atoms with Gasteiger partial charge in [0.1, 0.15) is 11.8 Å². The zero-order chi connectivity index (χ0) is 25.3. The first-order valence-corrected chi connectivity index (χ1v) is 14.3. The van der Waals surface area contributed by atoms with Crippen molar-refractivity contribution in [3.63, 3.8) is 0 Å². The molecule has 1 aliphatic heterocycles. The van der Waals surface area contributed by atoms with Gasteiger partial charge in [0, 0.05) is 18.1 Å². The Balaban J connectivity index is 1.96. The third-order valence-corrected chi connectivity index (χ3v) is 8.99. The van der Waals surface area contributed by atoms with E-state index in [9.17, 15) is 21.6 Å². The third-order valence-electron chi connectivity index (χ3n) is 5.63. The lowest BCUT2D eigenvalue weighted by molar-refractivity contribution is -0.116. The fourth-order valence-electron chi connectivity index (χ4n) is 3.86. The molecule has 0 spiro atoms. The molecule has 1 saturated heterocycles. The van der Waals surface area contributed by atoms with Gasteiger partial charge in [-0.25, -0.2) is 16.8 Å². The lowest BCUT2D eigenvalue weighted by Crippen LogP contribution is -2.45. The number of aryl methyl sites for hydroxylation is 1. The molecule has 0 saturated carbocycles. The molecule has 0 aliphatic carbocycles. The smallest absolute Gasteiger partial charge is 0.248 e. The van der Waals surface area contributed by atoms with E-state index in [-0.39, 0.29) is 22.0 Å². The first-order valence-electron chi connectivity index (χ1n) is 10.6. The summed E-state index contributed by atoms with van der Waals surface area (Å²) in [5.41, 5.74) is 1.01. The number of hydrogen-bond donors (Lipinski definition) is 1. The Kier molecular flexibility index (Phi) is 7.81. The van der Waals surface area contributed by atoms with Crippen molar-refractivity contribution in [2.45, 2.75) is 37.6 Å². The van der Waals surface area contributed by atoms with Crippen LogP contribution in [0.2, 0.25) is 5.02 Å². The number of amides is 1. The average Bonchev–Trinajstić information content (AvgIpc) is 3.31. The van der Waals surface area contributed by atoms with E-state index in [0.29, 0.717) is 23.7 Å². The molecule has 34 heavy (non-hydrogen) atoms. The molecule has 1 aliphatic rings. The van der Waals surface area contributed by atoms with E-state index in [4.69, 9.17) is 16.3 Å². The maximum atomic E-state index is 13.2. The molecule has 1 N–H and O–H groups in total. The van der Waals surface area contributed by atoms with E-state index in [0.717, 1.165) is 23.4 Å². The van der Waals surface area contributed by atoms with Crippen LogP contribution in [0.5, 0.6) is 5.75 Å². The van der Waals surface area contributed by atoms with Gasteiger partial charge in [0.15, 0.2) is 0 Å². The number of anilines is 2. The van der Waals surface area contributed by atoms with Crippen LogP contribution in [-0.4, -0.2) is 59.5 Å². The molecule has 186 valence electrons. The summed E-state index contributed by atoms with van der Waals surface area (Å²) in [6.07, 6.45) is 2.59. The maximum Gasteiger partial charge on any atom is 0.248 e. The Morgan fingerprint density at radius 2 is 1.76 bits per heavy atom. The topological polar surface area (TPSA) is 113 Å². The molecule has 0 aromatic heterocycles. The highest BCUT2D eigenvalue weighted by molar-refractivity contribution is 7.92. The molecule has 12 heteroatoms. The number of nitrogens with one attached hydrogen (secondary N) is 1. The number of ether oxygens (including phenoxy) is 1. The Bertz CT molecular complexity index is 1290. The van der Waals surface area contributed by atoms with Gasteiger partial charge < -0.3 is 10.1 Å². The average molecular weight is 530 g/mol. The maximum absolute atomic E-state index is 13.2. The summed E-state index contributed by atoms with van der Waals surface area (Å²) in [6, 6.07) is 7.80. The molecule has 3 rings (SSSR count). The van der Waals surface area contributed by atoms with Crippen LogP contribution >= 0.6 is 11.6 Å². The van der Waals surface area contributed by atoms with Crippen molar-refractivity contribution in [2.75, 3.05) is 36.1 Å². The van der Waals surface area contributed by atoms with Crippen molar-refractivity contribution in [2.24, 2.45) is 0 Å². The number of carbonyl (C=O) groups is 1. The molecule has 2 aromatic carbocycles. The van der Waals surface area contributed by atoms with E-state index < -0.39 is 32.0 Å². The van der Waals surface area contributed by atoms with Gasteiger partial charge in [0.2, 0.25) is 26.0 Å². The monoisotopic (exact) mass is 529 g/mol. The van der Waals surface area contributed by atoms with Crippen molar-refractivity contribution >= 4 is 48.9 Å². The predicted octanol–water partition coefficient (Wildman–Crippen LogP) is 3.23. The van der Waals surface area contributed by atoms with Gasteiger partial charge in [0.05, 0.1) is 29.6 Å². The summed E-state index contributed by atoms with van der Waals surface area (Å²) in [5, 5.41) is 2.96. The molecule has 1 fully saturated rings. The van der Waals surface area contributed by atoms with Gasteiger partial charge in [-0.2, -0.15) is 4.31 Å². The summed E-state index contributed by atoms with van der Waals surface area (Å²) in [7, 11) is -6.21. The number of halogens is 1. The molecule has 2 aromatic rings. The summed E-state index contributed by atoms with van der Waals surface area (Å²) >= 11 is 6.08. The van der Waals surface area contributed by atoms with Crippen LogP contribution < -0.4 is 14.4 Å². The molecule has 1 amide bonds. The predicted molar refractivity (Wildman–Crippen MR) is 133 cm³/mol. The standard InChI is InChI=1S/C22H28ClN3O6S2/c1-15-7-8-17(23)13-20(15)26(33(4,28)29)16(2)22(27)24-19-14-18(9-10-21(19)32-3)34(30,31)25-11-5-6-12-25/h7-10,13-14,16H,5-6,11-12H2,1-4H3,(H,24,27)/t16-/m0/s1. The van der Waals surface area contributed by atoms with E-state index in [2.05, 4.69) is 5.32 Å². The summed E-state index contributed by atoms with van der Waals surface area (Å²) < 4.78 is 58.9. The van der Waals surface area contributed by atoms with Crippen LogP contribution in [0.15, 0.2) is 41.3 Å². The minimum atomic E-state index is -3.87. The second-order valence-corrected chi connectivity index (χ2v) is 12.4. The van der Waals surface area contributed by atoms with Gasteiger partial charge in [-0.1, -0.05) is 17.7 Å². The van der Waals surface area contributed by atoms with Crippen LogP contribution in [0, 0.1) is 6.92 Å². The van der Waals surface area contributed by atoms with Gasteiger partial charge in [-0.3, -0.25) is 9.10 Å². The van der Waals surface area contributed by atoms with Crippen molar-refractivity contribution in [1.82, 2.24) is 4.31 Å². The second kappa shape index (κ2) is 10.1. The minimum Gasteiger partial charge on any atom is -0.495 e. The molecule has 0 unspecified atom stereocenters. The molecule has 1 heterocycles. The van der Waals surface area contributed by atoms with Crippen molar-refractivity contribution in [1.29, 1.82) is 0 Å². The van der Waals surface area contributed by atoms with Crippen LogP contribution in [0.1, 0.15) is 25.3 Å². The van der Waals surface area contributed by atoms with Gasteiger partial charge in [0.25, 0.3) is 0 Å². The molecule has 1 atom stereocenters. The summed E-state index contributed by atoms with van der Waals surface area (Å²) in [6.45, 7) is 4.03. The van der Waals surface area contributed by atoms with E-state index in [1.54, 1.807) is 19.1 Å². The first-order chi connectivity index (χ1) is 15.9. The van der Waals surface area contributed by atoms with E-state index in [1.807, 2.05) is 0 Å². The Hall–Kier alpha value is -2.34. The van der Waals surface area contributed by atoms with E-state index >= 15 is 0 Å². The number of benzene rings is 2. The lowest BCUT2D eigenvalue weighted by atomic mass is 10.1. The Labute approximate surface area is 205 Å². The summed E-state index contributed by atoms with van der Waals surface area (Å²) in [4.78, 5) is 13.2. The Morgan fingerprint density at radius 3 is 2.35 bits per heavy atom. The highest BCUT2D eigenvalue weighted by atomic mass is 35.5. The number of hydrogen-bond acceptors (Lipinski definition) is 6. The molecule has 9 nitrogen and oxygen atoms in total. The quantitative estimate of drug-likeness (QED) is 0.561. The van der Waals surface area contributed by atoms with Crippen molar-refractivity contribution in [3.8, 4) is 5.75 Å². The third kappa shape index (κ3) is 5.48. The number of carbonyl (C=O) groups excluding carboxylic acids is 1. The van der Waals surface area contributed by atoms with E-state index in [1.165, 1.54) is 42.6 Å². The number of rotatable bonds is 8. The van der Waals surface area contributed by atoms with Crippen molar-refractivity contribution < 1.29 is 26.4 Å². The molecule has 0 bridgehead atoms. The molecular formula is C22H28ClN3O6S2. The first kappa shape index (κ1) is 26.3. The lowest BCUT2D eigenvalue weighted by Gasteiger charge is -2.29. The largest absolute Gasteiger partial charge is 0.495 e. The molecular weight excluding hydrogens is 502 g/mol.